The molecule has 0 spiro atoms. The summed E-state index contributed by atoms with van der Waals surface area (Å²) in [5.41, 5.74) is 0.157. The molecular formula is C19H29NO5. The molecule has 4 rings (SSSR count). The van der Waals surface area contributed by atoms with Gasteiger partial charge in [0.15, 0.2) is 6.61 Å². The normalized spacial score (nSPS) is 32.5. The number of amides is 1. The van der Waals surface area contributed by atoms with Gasteiger partial charge in [-0.15, -0.1) is 0 Å². The van der Waals surface area contributed by atoms with Gasteiger partial charge < -0.3 is 14.8 Å². The number of nitrogens with one attached hydrogen (secondary N) is 1. The van der Waals surface area contributed by atoms with Crippen LogP contribution in [0, 0.1) is 23.2 Å². The van der Waals surface area contributed by atoms with Gasteiger partial charge in [0.05, 0.1) is 6.10 Å². The van der Waals surface area contributed by atoms with E-state index in [4.69, 9.17) is 9.47 Å². The van der Waals surface area contributed by atoms with E-state index in [0.29, 0.717) is 6.42 Å². The Morgan fingerprint density at radius 3 is 2.08 bits per heavy atom. The number of carbonyl (C=O) groups excluding carboxylic acids is 3. The third-order valence-corrected chi connectivity index (χ3v) is 5.85. The molecule has 0 aromatic carbocycles. The highest BCUT2D eigenvalue weighted by atomic mass is 16.6. The van der Waals surface area contributed by atoms with Gasteiger partial charge in [-0.2, -0.15) is 0 Å². The summed E-state index contributed by atoms with van der Waals surface area (Å²) in [5, 5.41) is 2.66. The van der Waals surface area contributed by atoms with Crippen LogP contribution in [0.1, 0.15) is 58.8 Å². The molecule has 6 heteroatoms. The Kier molecular flexibility index (Phi) is 5.35. The molecule has 1 amide bonds. The average molecular weight is 351 g/mol. The van der Waals surface area contributed by atoms with E-state index < -0.39 is 18.5 Å². The number of ether oxygens (including phenoxy) is 2. The van der Waals surface area contributed by atoms with Crippen molar-refractivity contribution in [2.24, 2.45) is 23.2 Å². The number of hydrogen-bond acceptors (Lipinski definition) is 5. The van der Waals surface area contributed by atoms with E-state index in [9.17, 15) is 14.4 Å². The first kappa shape index (κ1) is 18.2. The van der Waals surface area contributed by atoms with Gasteiger partial charge >= 0.3 is 11.9 Å². The fraction of sp³-hybridized carbons (Fsp3) is 0.842. The molecule has 140 valence electrons. The van der Waals surface area contributed by atoms with Crippen LogP contribution in [0.25, 0.3) is 0 Å². The van der Waals surface area contributed by atoms with Crippen molar-refractivity contribution in [1.29, 1.82) is 0 Å². The Hall–Kier alpha value is -1.59. The highest BCUT2D eigenvalue weighted by Crippen LogP contribution is 2.61. The van der Waals surface area contributed by atoms with Gasteiger partial charge in [0.25, 0.3) is 0 Å². The second-order valence-electron chi connectivity index (χ2n) is 8.57. The third-order valence-electron chi connectivity index (χ3n) is 5.85. The average Bonchev–Trinajstić information content (AvgIpc) is 2.48. The molecule has 25 heavy (non-hydrogen) atoms. The minimum absolute atomic E-state index is 0.0799. The quantitative estimate of drug-likeness (QED) is 0.711. The summed E-state index contributed by atoms with van der Waals surface area (Å²) in [5.74, 6) is 1.13. The molecule has 0 saturated heterocycles. The molecular weight excluding hydrogens is 322 g/mol. The van der Waals surface area contributed by atoms with Crippen molar-refractivity contribution >= 4 is 17.8 Å². The standard InChI is InChI=1S/C19H29NO5/c1-12(2)25-18(23)11-24-17(22)10-20-16(21)9-19-6-13-3-14(7-19)5-15(4-13)8-19/h12-15H,3-11H2,1-2H3,(H,20,21). The smallest absolute Gasteiger partial charge is 0.344 e. The van der Waals surface area contributed by atoms with E-state index in [1.807, 2.05) is 0 Å². The van der Waals surface area contributed by atoms with Crippen molar-refractivity contribution in [2.45, 2.75) is 64.9 Å². The fourth-order valence-electron chi connectivity index (χ4n) is 5.57. The van der Waals surface area contributed by atoms with Crippen molar-refractivity contribution in [1.82, 2.24) is 5.32 Å². The van der Waals surface area contributed by atoms with Crippen molar-refractivity contribution in [3.8, 4) is 0 Å². The van der Waals surface area contributed by atoms with Crippen LogP contribution in [0.3, 0.4) is 0 Å². The monoisotopic (exact) mass is 351 g/mol. The molecule has 0 heterocycles. The second-order valence-corrected chi connectivity index (χ2v) is 8.57. The molecule has 1 N–H and O–H groups in total. The molecule has 4 saturated carbocycles. The fourth-order valence-corrected chi connectivity index (χ4v) is 5.57. The summed E-state index contributed by atoms with van der Waals surface area (Å²) in [7, 11) is 0. The predicted molar refractivity (Wildman–Crippen MR) is 90.4 cm³/mol. The molecule has 0 radical (unpaired) electrons. The largest absolute Gasteiger partial charge is 0.460 e. The summed E-state index contributed by atoms with van der Waals surface area (Å²) in [6.07, 6.45) is 7.80. The van der Waals surface area contributed by atoms with Crippen LogP contribution in [-0.2, 0) is 23.9 Å². The summed E-state index contributed by atoms with van der Waals surface area (Å²) < 4.78 is 9.70. The summed E-state index contributed by atoms with van der Waals surface area (Å²) >= 11 is 0. The lowest BCUT2D eigenvalue weighted by molar-refractivity contribution is -0.160. The highest BCUT2D eigenvalue weighted by Gasteiger charge is 2.51. The lowest BCUT2D eigenvalue weighted by Gasteiger charge is -2.56. The Morgan fingerprint density at radius 1 is 1.00 bits per heavy atom. The molecule has 0 aromatic heterocycles. The van der Waals surface area contributed by atoms with E-state index in [0.717, 1.165) is 17.8 Å². The molecule has 4 bridgehead atoms. The van der Waals surface area contributed by atoms with Crippen LogP contribution < -0.4 is 5.32 Å². The topological polar surface area (TPSA) is 81.7 Å². The van der Waals surface area contributed by atoms with Crippen molar-refractivity contribution in [3.63, 3.8) is 0 Å². The van der Waals surface area contributed by atoms with Crippen LogP contribution in [0.15, 0.2) is 0 Å². The summed E-state index contributed by atoms with van der Waals surface area (Å²) in [6, 6.07) is 0. The van der Waals surface area contributed by atoms with Crippen LogP contribution >= 0.6 is 0 Å². The van der Waals surface area contributed by atoms with Gasteiger partial charge in [-0.1, -0.05) is 0 Å². The zero-order chi connectivity index (χ0) is 18.0. The van der Waals surface area contributed by atoms with E-state index in [2.05, 4.69) is 5.32 Å². The van der Waals surface area contributed by atoms with Gasteiger partial charge in [0.2, 0.25) is 5.91 Å². The van der Waals surface area contributed by atoms with Crippen molar-refractivity contribution in [3.05, 3.63) is 0 Å². The van der Waals surface area contributed by atoms with Crippen LogP contribution in [0.2, 0.25) is 0 Å². The van der Waals surface area contributed by atoms with Crippen LogP contribution in [-0.4, -0.2) is 37.1 Å². The third kappa shape index (κ3) is 4.73. The van der Waals surface area contributed by atoms with Gasteiger partial charge in [0, 0.05) is 6.42 Å². The molecule has 0 unspecified atom stereocenters. The van der Waals surface area contributed by atoms with E-state index in [1.165, 1.54) is 38.5 Å². The van der Waals surface area contributed by atoms with Gasteiger partial charge in [-0.25, -0.2) is 4.79 Å². The number of esters is 2. The molecule has 4 fully saturated rings. The van der Waals surface area contributed by atoms with E-state index in [1.54, 1.807) is 13.8 Å². The zero-order valence-electron chi connectivity index (χ0n) is 15.2. The number of carbonyl (C=O) groups is 3. The molecule has 0 atom stereocenters. The van der Waals surface area contributed by atoms with E-state index >= 15 is 0 Å². The molecule has 0 aliphatic heterocycles. The molecule has 4 aliphatic carbocycles. The summed E-state index contributed by atoms with van der Waals surface area (Å²) in [4.78, 5) is 35.3. The lowest BCUT2D eigenvalue weighted by atomic mass is 9.49. The first-order valence-corrected chi connectivity index (χ1v) is 9.45. The Morgan fingerprint density at radius 2 is 1.56 bits per heavy atom. The van der Waals surface area contributed by atoms with E-state index in [-0.39, 0.29) is 24.0 Å². The van der Waals surface area contributed by atoms with Gasteiger partial charge in [-0.05, 0) is 75.5 Å². The summed E-state index contributed by atoms with van der Waals surface area (Å²) in [6.45, 7) is 2.84. The zero-order valence-corrected chi connectivity index (χ0v) is 15.2. The van der Waals surface area contributed by atoms with Crippen molar-refractivity contribution in [2.75, 3.05) is 13.2 Å². The first-order chi connectivity index (χ1) is 11.8. The maximum atomic E-state index is 12.3. The van der Waals surface area contributed by atoms with Gasteiger partial charge in [-0.3, -0.25) is 9.59 Å². The minimum atomic E-state index is -0.612. The maximum absolute atomic E-state index is 12.3. The first-order valence-electron chi connectivity index (χ1n) is 9.45. The van der Waals surface area contributed by atoms with Gasteiger partial charge in [0.1, 0.15) is 6.54 Å². The van der Waals surface area contributed by atoms with Crippen molar-refractivity contribution < 1.29 is 23.9 Å². The highest BCUT2D eigenvalue weighted by molar-refractivity contribution is 5.83. The lowest BCUT2D eigenvalue weighted by Crippen LogP contribution is -2.48. The molecule has 6 nitrogen and oxygen atoms in total. The minimum Gasteiger partial charge on any atom is -0.460 e. The molecule has 4 aliphatic rings. The van der Waals surface area contributed by atoms with Crippen LogP contribution in [0.5, 0.6) is 0 Å². The SMILES string of the molecule is CC(C)OC(=O)COC(=O)CNC(=O)CC12CC3CC(CC(C3)C1)C2. The Balaban J connectivity index is 1.38. The second kappa shape index (κ2) is 7.34. The predicted octanol–water partition coefficient (Wildman–Crippen LogP) is 2.20. The number of hydrogen-bond donors (Lipinski definition) is 1. The number of rotatable bonds is 7. The van der Waals surface area contributed by atoms with Crippen LogP contribution in [0.4, 0.5) is 0 Å². The maximum Gasteiger partial charge on any atom is 0.344 e. The molecule has 0 aromatic rings. The Bertz CT molecular complexity index is 507. The Labute approximate surface area is 149 Å².